The number of halogens is 2. The number of anilines is 1. The minimum Gasteiger partial charge on any atom is -0.322 e. The smallest absolute Gasteiger partial charge is 0.279 e. The molecular weight excluding hydrogens is 360 g/mol. The van der Waals surface area contributed by atoms with E-state index in [9.17, 15) is 13.6 Å². The molecule has 1 fully saturated rings. The van der Waals surface area contributed by atoms with E-state index in [1.807, 2.05) is 0 Å². The van der Waals surface area contributed by atoms with E-state index in [1.165, 1.54) is 27.0 Å². The molecule has 0 radical (unpaired) electrons. The van der Waals surface area contributed by atoms with Gasteiger partial charge in [0.25, 0.3) is 5.91 Å². The van der Waals surface area contributed by atoms with Crippen molar-refractivity contribution in [3.8, 4) is 0 Å². The lowest BCUT2D eigenvalue weighted by molar-refractivity contribution is -1.02. The third-order valence-electron chi connectivity index (χ3n) is 5.38. The second kappa shape index (κ2) is 9.26. The summed E-state index contributed by atoms with van der Waals surface area (Å²) in [5.41, 5.74) is 2.73. The minimum absolute atomic E-state index is 0.0277. The lowest BCUT2D eigenvalue weighted by Crippen LogP contribution is -3.28. The van der Waals surface area contributed by atoms with Crippen LogP contribution < -0.4 is 15.1 Å². The summed E-state index contributed by atoms with van der Waals surface area (Å²) in [7, 11) is 0. The Kier molecular flexibility index (Phi) is 6.75. The largest absolute Gasteiger partial charge is 0.322 e. The molecule has 2 aromatic rings. The van der Waals surface area contributed by atoms with Crippen LogP contribution in [0.1, 0.15) is 30.9 Å². The Morgan fingerprint density at radius 1 is 1.00 bits per heavy atom. The molecule has 1 heterocycles. The van der Waals surface area contributed by atoms with Crippen LogP contribution in [-0.4, -0.2) is 38.6 Å². The number of carbonyl (C=O) groups is 1. The van der Waals surface area contributed by atoms with Crippen LogP contribution in [0, 0.1) is 11.6 Å². The van der Waals surface area contributed by atoms with Crippen LogP contribution in [0.5, 0.6) is 0 Å². The van der Waals surface area contributed by atoms with Crippen molar-refractivity contribution >= 4 is 11.6 Å². The first-order valence-electron chi connectivity index (χ1n) is 9.91. The summed E-state index contributed by atoms with van der Waals surface area (Å²) in [6.07, 6.45) is 0. The molecule has 150 valence electrons. The van der Waals surface area contributed by atoms with Crippen LogP contribution in [0.25, 0.3) is 0 Å². The van der Waals surface area contributed by atoms with Gasteiger partial charge in [0.1, 0.15) is 44.4 Å². The van der Waals surface area contributed by atoms with Crippen LogP contribution in [-0.2, 0) is 11.3 Å². The summed E-state index contributed by atoms with van der Waals surface area (Å²) in [6, 6.07) is 12.0. The topological polar surface area (TPSA) is 38.0 Å². The van der Waals surface area contributed by atoms with Gasteiger partial charge in [0.2, 0.25) is 0 Å². The van der Waals surface area contributed by atoms with Crippen molar-refractivity contribution in [1.82, 2.24) is 0 Å². The highest BCUT2D eigenvalue weighted by Gasteiger charge is 2.25. The summed E-state index contributed by atoms with van der Waals surface area (Å²) >= 11 is 0. The molecule has 3 rings (SSSR count). The molecule has 6 heteroatoms. The van der Waals surface area contributed by atoms with Crippen LogP contribution >= 0.6 is 0 Å². The number of piperazine rings is 1. The Hall–Kier alpha value is -2.31. The zero-order valence-corrected chi connectivity index (χ0v) is 16.5. The zero-order valence-electron chi connectivity index (χ0n) is 16.5. The maximum absolute atomic E-state index is 13.7. The van der Waals surface area contributed by atoms with Gasteiger partial charge in [-0.15, -0.1) is 0 Å². The molecule has 28 heavy (non-hydrogen) atoms. The molecule has 0 spiro atoms. The fourth-order valence-electron chi connectivity index (χ4n) is 3.63. The molecule has 0 atom stereocenters. The van der Waals surface area contributed by atoms with Gasteiger partial charge in [-0.1, -0.05) is 38.1 Å². The fraction of sp³-hybridized carbons (Fsp3) is 0.409. The highest BCUT2D eigenvalue weighted by atomic mass is 19.1. The molecule has 0 unspecified atom stereocenters. The van der Waals surface area contributed by atoms with E-state index in [2.05, 4.69) is 43.4 Å². The Labute approximate surface area is 165 Å². The van der Waals surface area contributed by atoms with E-state index in [0.29, 0.717) is 12.5 Å². The maximum Gasteiger partial charge on any atom is 0.279 e. The Balaban J connectivity index is 1.44. The molecule has 1 aliphatic heterocycles. The molecule has 0 aromatic heterocycles. The van der Waals surface area contributed by atoms with Crippen molar-refractivity contribution in [3.63, 3.8) is 0 Å². The Bertz CT molecular complexity index is 800. The van der Waals surface area contributed by atoms with Crippen molar-refractivity contribution in [3.05, 3.63) is 65.2 Å². The Morgan fingerprint density at radius 3 is 2.25 bits per heavy atom. The van der Waals surface area contributed by atoms with Gasteiger partial charge in [-0.25, -0.2) is 8.78 Å². The SMILES string of the molecule is CC(C)c1ccc(C[NH+]2CC[NH+](CC(=O)Nc3ccc(F)cc3F)CC2)cc1. The molecule has 0 aliphatic carbocycles. The van der Waals surface area contributed by atoms with Gasteiger partial charge in [0.05, 0.1) is 5.69 Å². The van der Waals surface area contributed by atoms with Gasteiger partial charge in [-0.3, -0.25) is 4.79 Å². The van der Waals surface area contributed by atoms with Gasteiger partial charge in [-0.2, -0.15) is 0 Å². The highest BCUT2D eigenvalue weighted by Crippen LogP contribution is 2.15. The van der Waals surface area contributed by atoms with Crippen LogP contribution in [0.4, 0.5) is 14.5 Å². The van der Waals surface area contributed by atoms with Gasteiger partial charge >= 0.3 is 0 Å². The average molecular weight is 389 g/mol. The second-order valence-electron chi connectivity index (χ2n) is 7.92. The quantitative estimate of drug-likeness (QED) is 0.678. The van der Waals surface area contributed by atoms with Crippen molar-refractivity contribution < 1.29 is 23.4 Å². The summed E-state index contributed by atoms with van der Waals surface area (Å²) in [6.45, 7) is 9.49. The summed E-state index contributed by atoms with van der Waals surface area (Å²) < 4.78 is 26.6. The predicted molar refractivity (Wildman–Crippen MR) is 105 cm³/mol. The third-order valence-corrected chi connectivity index (χ3v) is 5.38. The number of amides is 1. The number of hydrogen-bond donors (Lipinski definition) is 3. The fourth-order valence-corrected chi connectivity index (χ4v) is 3.63. The van der Waals surface area contributed by atoms with Gasteiger partial charge in [0, 0.05) is 11.6 Å². The first kappa shape index (κ1) is 20.4. The monoisotopic (exact) mass is 389 g/mol. The van der Waals surface area contributed by atoms with Crippen molar-refractivity contribution in [2.45, 2.75) is 26.3 Å². The maximum atomic E-state index is 13.7. The summed E-state index contributed by atoms with van der Waals surface area (Å²) in [5.74, 6) is -1.10. The molecule has 0 saturated carbocycles. The van der Waals surface area contributed by atoms with Crippen LogP contribution in [0.15, 0.2) is 42.5 Å². The van der Waals surface area contributed by atoms with Crippen molar-refractivity contribution in [2.75, 3.05) is 38.0 Å². The molecule has 4 nitrogen and oxygen atoms in total. The lowest BCUT2D eigenvalue weighted by Gasteiger charge is -2.29. The number of benzene rings is 2. The number of nitrogens with one attached hydrogen (secondary N) is 3. The lowest BCUT2D eigenvalue weighted by atomic mass is 10.0. The van der Waals surface area contributed by atoms with Gasteiger partial charge < -0.3 is 15.1 Å². The first-order valence-corrected chi connectivity index (χ1v) is 9.91. The summed E-state index contributed by atoms with van der Waals surface area (Å²) in [5, 5.41) is 2.54. The number of rotatable bonds is 6. The van der Waals surface area contributed by atoms with E-state index in [-0.39, 0.29) is 11.6 Å². The standard InChI is InChI=1S/C22H27F2N3O/c1-16(2)18-5-3-17(4-6-18)14-26-9-11-27(12-10-26)15-22(28)25-21-8-7-19(23)13-20(21)24/h3-8,13,16H,9-12,14-15H2,1-2H3,(H,25,28)/p+2. The van der Waals surface area contributed by atoms with Crippen molar-refractivity contribution in [1.29, 1.82) is 0 Å². The van der Waals surface area contributed by atoms with E-state index < -0.39 is 11.6 Å². The van der Waals surface area contributed by atoms with E-state index >= 15 is 0 Å². The zero-order chi connectivity index (χ0) is 20.1. The number of hydrogen-bond acceptors (Lipinski definition) is 1. The molecule has 3 N–H and O–H groups in total. The molecular formula is C22H29F2N3O+2. The molecule has 1 saturated heterocycles. The second-order valence-corrected chi connectivity index (χ2v) is 7.92. The van der Waals surface area contributed by atoms with E-state index in [4.69, 9.17) is 0 Å². The summed E-state index contributed by atoms with van der Waals surface area (Å²) in [4.78, 5) is 14.9. The van der Waals surface area contributed by atoms with E-state index in [0.717, 1.165) is 44.9 Å². The molecule has 2 aromatic carbocycles. The van der Waals surface area contributed by atoms with E-state index in [1.54, 1.807) is 0 Å². The predicted octanol–water partition coefficient (Wildman–Crippen LogP) is 1.01. The Morgan fingerprint density at radius 2 is 1.64 bits per heavy atom. The number of quaternary nitrogens is 2. The van der Waals surface area contributed by atoms with Crippen molar-refractivity contribution in [2.24, 2.45) is 0 Å². The highest BCUT2D eigenvalue weighted by molar-refractivity contribution is 5.91. The molecule has 1 amide bonds. The first-order chi connectivity index (χ1) is 13.4. The van der Waals surface area contributed by atoms with Gasteiger partial charge in [-0.05, 0) is 23.6 Å². The molecule has 1 aliphatic rings. The minimum atomic E-state index is -0.749. The number of carbonyl (C=O) groups excluding carboxylic acids is 1. The van der Waals surface area contributed by atoms with Crippen LogP contribution in [0.3, 0.4) is 0 Å². The molecule has 0 bridgehead atoms. The van der Waals surface area contributed by atoms with Gasteiger partial charge in [0.15, 0.2) is 6.54 Å². The third kappa shape index (κ3) is 5.59. The van der Waals surface area contributed by atoms with Crippen LogP contribution in [0.2, 0.25) is 0 Å². The normalized spacial score (nSPS) is 19.6. The average Bonchev–Trinajstić information content (AvgIpc) is 2.66.